The topological polar surface area (TPSA) is 58.6 Å². The molecule has 0 aromatic heterocycles. The zero-order chi connectivity index (χ0) is 18.0. The fraction of sp³-hybridized carbons (Fsp3) is 0.263. The van der Waals surface area contributed by atoms with E-state index in [0.717, 1.165) is 5.56 Å². The highest BCUT2D eigenvalue weighted by molar-refractivity contribution is 5.99. The van der Waals surface area contributed by atoms with Crippen LogP contribution in [-0.2, 0) is 11.2 Å². The Bertz CT molecular complexity index is 822. The molecule has 2 aromatic carbocycles. The number of nitrogens with one attached hydrogen (secondary N) is 1. The standard InChI is InChI=1S/C19H19FN2O3/c1-12-19(24)22(2)16-11-13(7-8-17(16)25-12)9-10-21-18(23)14-5-3-4-6-15(14)20/h3-8,11-12H,9-10H2,1-2H3,(H,21,23). The quantitative estimate of drug-likeness (QED) is 0.929. The predicted octanol–water partition coefficient (Wildman–Crippen LogP) is 2.54. The first-order valence-electron chi connectivity index (χ1n) is 8.07. The summed E-state index contributed by atoms with van der Waals surface area (Å²) in [6.45, 7) is 2.08. The van der Waals surface area contributed by atoms with Gasteiger partial charge < -0.3 is 15.0 Å². The third-order valence-electron chi connectivity index (χ3n) is 4.18. The number of halogens is 1. The molecule has 0 fully saturated rings. The molecule has 1 N–H and O–H groups in total. The van der Waals surface area contributed by atoms with Gasteiger partial charge in [0, 0.05) is 13.6 Å². The van der Waals surface area contributed by atoms with Gasteiger partial charge >= 0.3 is 0 Å². The van der Waals surface area contributed by atoms with Crippen molar-refractivity contribution in [3.05, 3.63) is 59.4 Å². The van der Waals surface area contributed by atoms with Crippen LogP contribution in [0.15, 0.2) is 42.5 Å². The Morgan fingerprint density at radius 2 is 2.04 bits per heavy atom. The second-order valence-corrected chi connectivity index (χ2v) is 5.95. The molecule has 2 aromatic rings. The summed E-state index contributed by atoms with van der Waals surface area (Å²) in [6.07, 6.45) is 0.0637. The molecule has 0 saturated heterocycles. The Kier molecular flexibility index (Phi) is 4.70. The summed E-state index contributed by atoms with van der Waals surface area (Å²) >= 11 is 0. The smallest absolute Gasteiger partial charge is 0.267 e. The Balaban J connectivity index is 1.64. The third-order valence-corrected chi connectivity index (χ3v) is 4.18. The maximum absolute atomic E-state index is 13.6. The van der Waals surface area contributed by atoms with E-state index in [0.29, 0.717) is 24.4 Å². The lowest BCUT2D eigenvalue weighted by Gasteiger charge is -2.30. The molecule has 1 aliphatic heterocycles. The lowest BCUT2D eigenvalue weighted by Crippen LogP contribution is -2.42. The monoisotopic (exact) mass is 342 g/mol. The van der Waals surface area contributed by atoms with E-state index in [1.54, 1.807) is 31.0 Å². The van der Waals surface area contributed by atoms with E-state index < -0.39 is 17.8 Å². The molecule has 25 heavy (non-hydrogen) atoms. The molecule has 130 valence electrons. The van der Waals surface area contributed by atoms with Crippen LogP contribution >= 0.6 is 0 Å². The number of fused-ring (bicyclic) bond motifs is 1. The van der Waals surface area contributed by atoms with Gasteiger partial charge in [0.05, 0.1) is 11.3 Å². The molecule has 5 nitrogen and oxygen atoms in total. The number of hydrogen-bond donors (Lipinski definition) is 1. The summed E-state index contributed by atoms with van der Waals surface area (Å²) < 4.78 is 19.2. The number of likely N-dealkylation sites (N-methyl/N-ethyl adjacent to an activating group) is 1. The summed E-state index contributed by atoms with van der Waals surface area (Å²) in [7, 11) is 1.71. The SMILES string of the molecule is CC1Oc2ccc(CCNC(=O)c3ccccc3F)cc2N(C)C1=O. The molecule has 1 unspecified atom stereocenters. The number of carbonyl (C=O) groups is 2. The zero-order valence-corrected chi connectivity index (χ0v) is 14.1. The molecule has 6 heteroatoms. The summed E-state index contributed by atoms with van der Waals surface area (Å²) in [5.74, 6) is -0.424. The Labute approximate surface area is 145 Å². The van der Waals surface area contributed by atoms with Crippen molar-refractivity contribution >= 4 is 17.5 Å². The maximum Gasteiger partial charge on any atom is 0.267 e. The predicted molar refractivity (Wildman–Crippen MR) is 92.4 cm³/mol. The summed E-state index contributed by atoms with van der Waals surface area (Å²) in [5, 5.41) is 2.70. The first kappa shape index (κ1) is 17.0. The van der Waals surface area contributed by atoms with E-state index in [1.165, 1.54) is 12.1 Å². The van der Waals surface area contributed by atoms with E-state index in [2.05, 4.69) is 5.32 Å². The molecule has 1 heterocycles. The molecule has 0 aliphatic carbocycles. The van der Waals surface area contributed by atoms with Gasteiger partial charge in [0.1, 0.15) is 11.6 Å². The molecule has 1 aliphatic rings. The second-order valence-electron chi connectivity index (χ2n) is 5.95. The van der Waals surface area contributed by atoms with Crippen LogP contribution in [0.25, 0.3) is 0 Å². The highest BCUT2D eigenvalue weighted by atomic mass is 19.1. The van der Waals surface area contributed by atoms with Crippen molar-refractivity contribution in [1.82, 2.24) is 5.32 Å². The van der Waals surface area contributed by atoms with Crippen molar-refractivity contribution in [2.24, 2.45) is 0 Å². The van der Waals surface area contributed by atoms with Gasteiger partial charge in [-0.1, -0.05) is 18.2 Å². The maximum atomic E-state index is 13.6. The van der Waals surface area contributed by atoms with Crippen molar-refractivity contribution in [3.8, 4) is 5.75 Å². The first-order valence-corrected chi connectivity index (χ1v) is 8.07. The first-order chi connectivity index (χ1) is 12.0. The van der Waals surface area contributed by atoms with Crippen LogP contribution in [0, 0.1) is 5.82 Å². The third kappa shape index (κ3) is 3.47. The van der Waals surface area contributed by atoms with Crippen LogP contribution in [-0.4, -0.2) is 31.5 Å². The lowest BCUT2D eigenvalue weighted by atomic mass is 10.1. The average Bonchev–Trinajstić information content (AvgIpc) is 2.60. The van der Waals surface area contributed by atoms with Gasteiger partial charge in [0.25, 0.3) is 11.8 Å². The molecule has 0 saturated carbocycles. The van der Waals surface area contributed by atoms with E-state index >= 15 is 0 Å². The van der Waals surface area contributed by atoms with Gasteiger partial charge in [-0.05, 0) is 43.2 Å². The second kappa shape index (κ2) is 6.93. The fourth-order valence-corrected chi connectivity index (χ4v) is 2.77. The summed E-state index contributed by atoms with van der Waals surface area (Å²) in [6, 6.07) is 11.5. The number of rotatable bonds is 4. The van der Waals surface area contributed by atoms with Crippen LogP contribution in [0.5, 0.6) is 5.75 Å². The van der Waals surface area contributed by atoms with Crippen LogP contribution in [0.4, 0.5) is 10.1 Å². The van der Waals surface area contributed by atoms with Crippen molar-refractivity contribution < 1.29 is 18.7 Å². The molecule has 2 amide bonds. The average molecular weight is 342 g/mol. The van der Waals surface area contributed by atoms with E-state index in [9.17, 15) is 14.0 Å². The molecular formula is C19H19FN2O3. The number of benzene rings is 2. The van der Waals surface area contributed by atoms with Gasteiger partial charge in [-0.2, -0.15) is 0 Å². The lowest BCUT2D eigenvalue weighted by molar-refractivity contribution is -0.125. The Hall–Kier alpha value is -2.89. The highest BCUT2D eigenvalue weighted by Gasteiger charge is 2.28. The molecule has 1 atom stereocenters. The van der Waals surface area contributed by atoms with Crippen LogP contribution in [0.2, 0.25) is 0 Å². The van der Waals surface area contributed by atoms with Gasteiger partial charge in [-0.15, -0.1) is 0 Å². The molecular weight excluding hydrogens is 323 g/mol. The van der Waals surface area contributed by atoms with Gasteiger partial charge in [0.15, 0.2) is 6.10 Å². The summed E-state index contributed by atoms with van der Waals surface area (Å²) in [5.41, 5.74) is 1.69. The van der Waals surface area contributed by atoms with E-state index in [4.69, 9.17) is 4.74 Å². The number of nitrogens with zero attached hydrogens (tertiary/aromatic N) is 1. The number of ether oxygens (including phenoxy) is 1. The van der Waals surface area contributed by atoms with Crippen LogP contribution in [0.1, 0.15) is 22.8 Å². The number of anilines is 1. The normalized spacial score (nSPS) is 16.2. The van der Waals surface area contributed by atoms with E-state index in [1.807, 2.05) is 18.2 Å². The Morgan fingerprint density at radius 3 is 2.80 bits per heavy atom. The highest BCUT2D eigenvalue weighted by Crippen LogP contribution is 2.33. The molecule has 3 rings (SSSR count). The van der Waals surface area contributed by atoms with Crippen molar-refractivity contribution in [2.75, 3.05) is 18.5 Å². The molecule has 0 bridgehead atoms. The van der Waals surface area contributed by atoms with E-state index in [-0.39, 0.29) is 11.5 Å². The van der Waals surface area contributed by atoms with Crippen LogP contribution < -0.4 is 15.0 Å². The summed E-state index contributed by atoms with van der Waals surface area (Å²) in [4.78, 5) is 25.6. The van der Waals surface area contributed by atoms with Crippen molar-refractivity contribution in [3.63, 3.8) is 0 Å². The van der Waals surface area contributed by atoms with Crippen LogP contribution in [0.3, 0.4) is 0 Å². The fourth-order valence-electron chi connectivity index (χ4n) is 2.77. The number of hydrogen-bond acceptors (Lipinski definition) is 3. The Morgan fingerprint density at radius 1 is 1.28 bits per heavy atom. The van der Waals surface area contributed by atoms with Gasteiger partial charge in [-0.25, -0.2) is 4.39 Å². The minimum absolute atomic E-state index is 0.0284. The van der Waals surface area contributed by atoms with Gasteiger partial charge in [0.2, 0.25) is 0 Å². The van der Waals surface area contributed by atoms with Crippen molar-refractivity contribution in [2.45, 2.75) is 19.4 Å². The number of amides is 2. The van der Waals surface area contributed by atoms with Gasteiger partial charge in [-0.3, -0.25) is 9.59 Å². The minimum atomic E-state index is -0.541. The van der Waals surface area contributed by atoms with Crippen molar-refractivity contribution in [1.29, 1.82) is 0 Å². The molecule has 0 spiro atoms. The zero-order valence-electron chi connectivity index (χ0n) is 14.1. The minimum Gasteiger partial charge on any atom is -0.479 e. The molecule has 0 radical (unpaired) electrons. The largest absolute Gasteiger partial charge is 0.479 e. The number of carbonyl (C=O) groups excluding carboxylic acids is 2.